The number of aromatic nitrogens is 1. The second-order valence-corrected chi connectivity index (χ2v) is 3.14. The Balaban J connectivity index is 3.65. The molecule has 0 atom stereocenters. The molecule has 0 amide bonds. The molecule has 0 unspecified atom stereocenters. The van der Waals surface area contributed by atoms with E-state index < -0.39 is 39.5 Å². The van der Waals surface area contributed by atoms with Gasteiger partial charge in [0.2, 0.25) is 5.15 Å². The molecule has 0 aliphatic heterocycles. The smallest absolute Gasteiger partial charge is 0.258 e. The van der Waals surface area contributed by atoms with Gasteiger partial charge in [0.05, 0.1) is 10.5 Å². The van der Waals surface area contributed by atoms with Crippen LogP contribution >= 0.6 is 11.6 Å². The van der Waals surface area contributed by atoms with E-state index in [2.05, 4.69) is 4.98 Å². The van der Waals surface area contributed by atoms with Crippen molar-refractivity contribution in [2.75, 3.05) is 0 Å². The zero-order valence-corrected chi connectivity index (χ0v) is 8.39. The maximum atomic E-state index is 12.5. The van der Waals surface area contributed by atoms with Gasteiger partial charge in [-0.2, -0.15) is 13.2 Å². The first-order valence-electron chi connectivity index (χ1n) is 3.84. The molecule has 0 bridgehead atoms. The van der Waals surface area contributed by atoms with Crippen molar-refractivity contribution in [3.05, 3.63) is 32.6 Å². The summed E-state index contributed by atoms with van der Waals surface area (Å²) in [6.07, 6.45) is -8.82. The molecular weight excluding hydrogens is 275 g/mol. The normalized spacial score (nSPS) is 11.9. The number of halogens is 6. The van der Waals surface area contributed by atoms with Crippen molar-refractivity contribution < 1.29 is 26.9 Å². The number of nitrogens with zero attached hydrogens (tertiary/aromatic N) is 2. The molecule has 4 nitrogen and oxygen atoms in total. The van der Waals surface area contributed by atoms with Gasteiger partial charge in [-0.3, -0.25) is 10.1 Å². The van der Waals surface area contributed by atoms with Crippen LogP contribution in [0.2, 0.25) is 5.15 Å². The average molecular weight is 277 g/mol. The number of nitro groups is 1. The molecule has 0 aliphatic rings. The third-order valence-electron chi connectivity index (χ3n) is 1.75. The van der Waals surface area contributed by atoms with Crippen LogP contribution in [0.1, 0.15) is 17.6 Å². The van der Waals surface area contributed by atoms with E-state index in [0.717, 1.165) is 0 Å². The van der Waals surface area contributed by atoms with E-state index in [0.29, 0.717) is 0 Å². The molecule has 0 radical (unpaired) electrons. The van der Waals surface area contributed by atoms with Crippen LogP contribution in [0.25, 0.3) is 0 Å². The first-order chi connectivity index (χ1) is 7.66. The molecule has 0 fully saturated rings. The summed E-state index contributed by atoms with van der Waals surface area (Å²) < 4.78 is 62.0. The summed E-state index contributed by atoms with van der Waals surface area (Å²) in [5.41, 5.74) is -5.18. The molecule has 0 aromatic carbocycles. The molecule has 94 valence electrons. The number of pyridine rings is 1. The Hall–Kier alpha value is -1.51. The van der Waals surface area contributed by atoms with Crippen molar-refractivity contribution in [1.29, 1.82) is 0 Å². The van der Waals surface area contributed by atoms with Gasteiger partial charge in [0.25, 0.3) is 6.43 Å². The highest BCUT2D eigenvalue weighted by Gasteiger charge is 2.41. The molecule has 17 heavy (non-hydrogen) atoms. The molecule has 0 N–H and O–H groups in total. The Kier molecular flexibility index (Phi) is 3.51. The van der Waals surface area contributed by atoms with Crippen LogP contribution in [0.3, 0.4) is 0 Å². The van der Waals surface area contributed by atoms with Crippen molar-refractivity contribution in [3.8, 4) is 0 Å². The predicted octanol–water partition coefficient (Wildman–Crippen LogP) is 3.60. The summed E-state index contributed by atoms with van der Waals surface area (Å²) >= 11 is 5.14. The van der Waals surface area contributed by atoms with E-state index in [1.165, 1.54) is 0 Å². The van der Waals surface area contributed by atoms with E-state index in [4.69, 9.17) is 11.6 Å². The van der Waals surface area contributed by atoms with E-state index in [9.17, 15) is 32.1 Å². The lowest BCUT2D eigenvalue weighted by atomic mass is 10.1. The zero-order valence-electron chi connectivity index (χ0n) is 7.63. The maximum absolute atomic E-state index is 12.5. The van der Waals surface area contributed by atoms with Gasteiger partial charge in [-0.05, 0) is 0 Å². The Morgan fingerprint density at radius 1 is 1.41 bits per heavy atom. The maximum Gasteiger partial charge on any atom is 0.418 e. The van der Waals surface area contributed by atoms with Gasteiger partial charge in [0.1, 0.15) is 5.56 Å². The zero-order chi connectivity index (χ0) is 13.4. The summed E-state index contributed by atoms with van der Waals surface area (Å²) in [5.74, 6) is 0. The highest BCUT2D eigenvalue weighted by atomic mass is 35.5. The topological polar surface area (TPSA) is 56.0 Å². The molecular formula is C7H2ClF5N2O2. The lowest BCUT2D eigenvalue weighted by Gasteiger charge is -2.12. The summed E-state index contributed by atoms with van der Waals surface area (Å²) in [5, 5.41) is 9.39. The Morgan fingerprint density at radius 2 is 1.94 bits per heavy atom. The Morgan fingerprint density at radius 3 is 2.29 bits per heavy atom. The number of hydrogen-bond acceptors (Lipinski definition) is 3. The third-order valence-corrected chi connectivity index (χ3v) is 2.03. The molecule has 10 heteroatoms. The monoisotopic (exact) mass is 276 g/mol. The number of hydrogen-bond donors (Lipinski definition) is 0. The predicted molar refractivity (Wildman–Crippen MR) is 45.9 cm³/mol. The minimum absolute atomic E-state index is 0.0385. The van der Waals surface area contributed by atoms with Gasteiger partial charge < -0.3 is 0 Å². The molecule has 0 aliphatic carbocycles. The summed E-state index contributed by atoms with van der Waals surface area (Å²) in [6.45, 7) is 0. The van der Waals surface area contributed by atoms with Crippen LogP contribution in [0.5, 0.6) is 0 Å². The molecule has 1 rings (SSSR count). The molecule has 1 aromatic heterocycles. The van der Waals surface area contributed by atoms with Crippen LogP contribution in [0, 0.1) is 10.1 Å². The Bertz CT molecular complexity index is 462. The lowest BCUT2D eigenvalue weighted by molar-refractivity contribution is -0.386. The van der Waals surface area contributed by atoms with Crippen LogP contribution < -0.4 is 0 Å². The largest absolute Gasteiger partial charge is 0.418 e. The quantitative estimate of drug-likeness (QED) is 0.359. The molecule has 0 spiro atoms. The van der Waals surface area contributed by atoms with Gasteiger partial charge in [-0.25, -0.2) is 13.8 Å². The summed E-state index contributed by atoms with van der Waals surface area (Å²) in [6, 6.07) is 0. The fourth-order valence-electron chi connectivity index (χ4n) is 1.11. The van der Waals surface area contributed by atoms with Crippen LogP contribution in [0.4, 0.5) is 27.6 Å². The first kappa shape index (κ1) is 13.6. The standard InChI is InChI=1S/C7H2ClF5N2O2/c8-5-4(15(16)17)3(6(9)10)2(1-14-5)7(11,12)13/h1,6H. The van der Waals surface area contributed by atoms with Crippen LogP contribution in [-0.4, -0.2) is 9.91 Å². The van der Waals surface area contributed by atoms with Gasteiger partial charge in [-0.15, -0.1) is 0 Å². The second kappa shape index (κ2) is 4.40. The fourth-order valence-corrected chi connectivity index (χ4v) is 1.33. The summed E-state index contributed by atoms with van der Waals surface area (Å²) in [7, 11) is 0. The van der Waals surface area contributed by atoms with E-state index in [1.807, 2.05) is 0 Å². The van der Waals surface area contributed by atoms with Crippen LogP contribution in [-0.2, 0) is 6.18 Å². The van der Waals surface area contributed by atoms with Crippen LogP contribution in [0.15, 0.2) is 6.20 Å². The molecule has 1 aromatic rings. The van der Waals surface area contributed by atoms with Gasteiger partial charge in [-0.1, -0.05) is 11.6 Å². The molecule has 0 saturated heterocycles. The number of rotatable bonds is 2. The van der Waals surface area contributed by atoms with Crippen molar-refractivity contribution in [2.45, 2.75) is 12.6 Å². The summed E-state index contributed by atoms with van der Waals surface area (Å²) in [4.78, 5) is 11.9. The SMILES string of the molecule is O=[N+]([O-])c1c(Cl)ncc(C(F)(F)F)c1C(F)F. The first-order valence-corrected chi connectivity index (χ1v) is 4.22. The molecule has 1 heterocycles. The lowest BCUT2D eigenvalue weighted by Crippen LogP contribution is -2.13. The fraction of sp³-hybridized carbons (Fsp3) is 0.286. The van der Waals surface area contributed by atoms with Gasteiger partial charge >= 0.3 is 11.9 Å². The van der Waals surface area contributed by atoms with E-state index >= 15 is 0 Å². The van der Waals surface area contributed by atoms with Crippen molar-refractivity contribution in [3.63, 3.8) is 0 Å². The van der Waals surface area contributed by atoms with Gasteiger partial charge in [0, 0.05) is 6.20 Å². The average Bonchev–Trinajstić information content (AvgIpc) is 2.14. The van der Waals surface area contributed by atoms with E-state index in [1.54, 1.807) is 0 Å². The van der Waals surface area contributed by atoms with E-state index in [-0.39, 0.29) is 6.20 Å². The minimum Gasteiger partial charge on any atom is -0.258 e. The van der Waals surface area contributed by atoms with Crippen molar-refractivity contribution in [1.82, 2.24) is 4.98 Å². The van der Waals surface area contributed by atoms with Gasteiger partial charge in [0.15, 0.2) is 0 Å². The number of alkyl halides is 5. The minimum atomic E-state index is -5.17. The van der Waals surface area contributed by atoms with Crippen molar-refractivity contribution >= 4 is 17.3 Å². The third kappa shape index (κ3) is 2.60. The Labute approximate surface area is 95.2 Å². The molecule has 0 saturated carbocycles. The highest BCUT2D eigenvalue weighted by molar-refractivity contribution is 6.31. The highest BCUT2D eigenvalue weighted by Crippen LogP contribution is 2.42. The second-order valence-electron chi connectivity index (χ2n) is 2.78. The van der Waals surface area contributed by atoms with Crippen molar-refractivity contribution in [2.24, 2.45) is 0 Å².